The second-order valence-corrected chi connectivity index (χ2v) is 9.47. The standard InChI is InChI=1S/C26H24BrFN2O3/c1-16-9-11-17(12-10-16)24(31)33-30-23(19-7-5-6-8-21(19)28)20-15-18(27)13-14-22(20)29-25(32)26(2,3)4/h5-15H,1-4H3,(H,29,32)/b30-23+. The smallest absolute Gasteiger partial charge is 0.325 e. The van der Waals surface area contributed by atoms with E-state index in [9.17, 15) is 14.0 Å². The molecule has 0 unspecified atom stereocenters. The number of aryl methyl sites for hydroxylation is 1. The van der Waals surface area contributed by atoms with E-state index in [4.69, 9.17) is 4.84 Å². The molecule has 3 aromatic rings. The van der Waals surface area contributed by atoms with Crippen molar-refractivity contribution >= 4 is 39.2 Å². The second kappa shape index (κ2) is 10.1. The van der Waals surface area contributed by atoms with E-state index in [1.165, 1.54) is 12.1 Å². The van der Waals surface area contributed by atoms with Gasteiger partial charge in [-0.05, 0) is 49.4 Å². The number of hydrogen-bond donors (Lipinski definition) is 1. The number of oxime groups is 1. The number of carbonyl (C=O) groups is 2. The van der Waals surface area contributed by atoms with Crippen LogP contribution in [0, 0.1) is 18.2 Å². The Morgan fingerprint density at radius 2 is 1.64 bits per heavy atom. The zero-order chi connectivity index (χ0) is 24.2. The Hall–Kier alpha value is -3.32. The molecule has 1 amide bonds. The third-order valence-corrected chi connectivity index (χ3v) is 5.30. The van der Waals surface area contributed by atoms with Gasteiger partial charge in [0.2, 0.25) is 5.91 Å². The Morgan fingerprint density at radius 1 is 0.970 bits per heavy atom. The minimum absolute atomic E-state index is 0.0686. The molecule has 0 aromatic heterocycles. The molecular weight excluding hydrogens is 487 g/mol. The van der Waals surface area contributed by atoms with Gasteiger partial charge in [0, 0.05) is 21.0 Å². The predicted octanol–water partition coefficient (Wildman–Crippen LogP) is 6.49. The zero-order valence-corrected chi connectivity index (χ0v) is 20.4. The Balaban J connectivity index is 2.09. The van der Waals surface area contributed by atoms with Gasteiger partial charge in [-0.3, -0.25) is 4.79 Å². The van der Waals surface area contributed by atoms with Gasteiger partial charge in [0.05, 0.1) is 11.3 Å². The lowest BCUT2D eigenvalue weighted by atomic mass is 9.94. The third kappa shape index (κ3) is 6.14. The molecule has 0 heterocycles. The number of amides is 1. The van der Waals surface area contributed by atoms with Crippen LogP contribution in [0.25, 0.3) is 0 Å². The number of hydrogen-bond acceptors (Lipinski definition) is 4. The molecule has 0 aliphatic heterocycles. The molecule has 33 heavy (non-hydrogen) atoms. The average molecular weight is 511 g/mol. The van der Waals surface area contributed by atoms with E-state index in [0.29, 0.717) is 21.3 Å². The van der Waals surface area contributed by atoms with Crippen molar-refractivity contribution in [3.63, 3.8) is 0 Å². The van der Waals surface area contributed by atoms with Crippen molar-refractivity contribution in [2.45, 2.75) is 27.7 Å². The van der Waals surface area contributed by atoms with Crippen molar-refractivity contribution in [1.82, 2.24) is 0 Å². The number of nitrogens with zero attached hydrogens (tertiary/aromatic N) is 1. The second-order valence-electron chi connectivity index (χ2n) is 8.56. The van der Waals surface area contributed by atoms with Crippen molar-refractivity contribution in [2.24, 2.45) is 10.6 Å². The fraction of sp³-hybridized carbons (Fsp3) is 0.192. The highest BCUT2D eigenvalue weighted by Crippen LogP contribution is 2.28. The first kappa shape index (κ1) is 24.3. The van der Waals surface area contributed by atoms with Gasteiger partial charge < -0.3 is 10.2 Å². The minimum Gasteiger partial charge on any atom is -0.325 e. The number of carbonyl (C=O) groups excluding carboxylic acids is 2. The SMILES string of the molecule is Cc1ccc(C(=O)O/N=C(\c2ccccc2F)c2cc(Br)ccc2NC(=O)C(C)(C)C)cc1. The van der Waals surface area contributed by atoms with Gasteiger partial charge in [-0.25, -0.2) is 9.18 Å². The van der Waals surface area contributed by atoms with Crippen molar-refractivity contribution in [3.05, 3.63) is 99.3 Å². The van der Waals surface area contributed by atoms with Gasteiger partial charge in [-0.2, -0.15) is 0 Å². The van der Waals surface area contributed by atoms with E-state index < -0.39 is 17.2 Å². The van der Waals surface area contributed by atoms with Crippen LogP contribution in [0.1, 0.15) is 47.8 Å². The lowest BCUT2D eigenvalue weighted by Crippen LogP contribution is -2.28. The van der Waals surface area contributed by atoms with Crippen molar-refractivity contribution in [2.75, 3.05) is 5.32 Å². The van der Waals surface area contributed by atoms with Crippen LogP contribution in [-0.2, 0) is 9.63 Å². The summed E-state index contributed by atoms with van der Waals surface area (Å²) in [6.45, 7) is 7.27. The molecule has 0 aliphatic rings. The highest BCUT2D eigenvalue weighted by atomic mass is 79.9. The predicted molar refractivity (Wildman–Crippen MR) is 131 cm³/mol. The van der Waals surface area contributed by atoms with E-state index in [-0.39, 0.29) is 17.2 Å². The Morgan fingerprint density at radius 3 is 2.27 bits per heavy atom. The lowest BCUT2D eigenvalue weighted by Gasteiger charge is -2.20. The highest BCUT2D eigenvalue weighted by molar-refractivity contribution is 9.10. The van der Waals surface area contributed by atoms with Gasteiger partial charge in [-0.1, -0.05) is 71.7 Å². The first-order chi connectivity index (χ1) is 15.6. The number of nitrogens with one attached hydrogen (secondary N) is 1. The van der Waals surface area contributed by atoms with Crippen molar-refractivity contribution in [1.29, 1.82) is 0 Å². The number of halogens is 2. The summed E-state index contributed by atoms with van der Waals surface area (Å²) in [6.07, 6.45) is 0. The molecule has 7 heteroatoms. The van der Waals surface area contributed by atoms with Crippen LogP contribution in [0.5, 0.6) is 0 Å². The minimum atomic E-state index is -0.681. The van der Waals surface area contributed by atoms with Crippen LogP contribution in [0.2, 0.25) is 0 Å². The van der Waals surface area contributed by atoms with Crippen LogP contribution in [0.15, 0.2) is 76.4 Å². The fourth-order valence-corrected chi connectivity index (χ4v) is 3.22. The van der Waals surface area contributed by atoms with Crippen LogP contribution in [0.3, 0.4) is 0 Å². The normalized spacial score (nSPS) is 11.8. The Bertz CT molecular complexity index is 1210. The van der Waals surface area contributed by atoms with E-state index in [0.717, 1.165) is 5.56 Å². The van der Waals surface area contributed by atoms with E-state index in [2.05, 4.69) is 26.4 Å². The summed E-state index contributed by atoms with van der Waals surface area (Å²) < 4.78 is 15.5. The topological polar surface area (TPSA) is 67.8 Å². The molecular formula is C26H24BrFN2O3. The summed E-state index contributed by atoms with van der Waals surface area (Å²) >= 11 is 3.42. The van der Waals surface area contributed by atoms with Gasteiger partial charge in [0.15, 0.2) is 0 Å². The Labute approximate surface area is 200 Å². The molecule has 0 spiro atoms. The monoisotopic (exact) mass is 510 g/mol. The molecule has 5 nitrogen and oxygen atoms in total. The lowest BCUT2D eigenvalue weighted by molar-refractivity contribution is -0.123. The molecule has 0 bridgehead atoms. The molecule has 3 aromatic carbocycles. The van der Waals surface area contributed by atoms with Crippen LogP contribution in [-0.4, -0.2) is 17.6 Å². The first-order valence-electron chi connectivity index (χ1n) is 10.3. The van der Waals surface area contributed by atoms with E-state index >= 15 is 0 Å². The molecule has 0 atom stereocenters. The quantitative estimate of drug-likeness (QED) is 0.242. The molecule has 0 saturated heterocycles. The van der Waals surface area contributed by atoms with Gasteiger partial charge >= 0.3 is 5.97 Å². The molecule has 170 valence electrons. The maximum absolute atomic E-state index is 14.8. The average Bonchev–Trinajstić information content (AvgIpc) is 2.76. The highest BCUT2D eigenvalue weighted by Gasteiger charge is 2.24. The summed E-state index contributed by atoms with van der Waals surface area (Å²) in [4.78, 5) is 30.4. The largest absolute Gasteiger partial charge is 0.365 e. The summed E-state index contributed by atoms with van der Waals surface area (Å²) in [5.41, 5.74) is 1.65. The van der Waals surface area contributed by atoms with Gasteiger partial charge in [0.1, 0.15) is 11.5 Å². The third-order valence-electron chi connectivity index (χ3n) is 4.80. The molecule has 0 aliphatic carbocycles. The number of anilines is 1. The maximum atomic E-state index is 14.8. The van der Waals surface area contributed by atoms with Crippen LogP contribution >= 0.6 is 15.9 Å². The van der Waals surface area contributed by atoms with Gasteiger partial charge in [-0.15, -0.1) is 0 Å². The van der Waals surface area contributed by atoms with Gasteiger partial charge in [0.25, 0.3) is 0 Å². The summed E-state index contributed by atoms with van der Waals surface area (Å²) in [7, 11) is 0. The van der Waals surface area contributed by atoms with E-state index in [1.54, 1.807) is 75.4 Å². The molecule has 0 saturated carbocycles. The first-order valence-corrected chi connectivity index (χ1v) is 11.1. The van der Waals surface area contributed by atoms with Crippen LogP contribution < -0.4 is 5.32 Å². The number of benzene rings is 3. The van der Waals surface area contributed by atoms with Crippen molar-refractivity contribution < 1.29 is 18.8 Å². The van der Waals surface area contributed by atoms with Crippen molar-refractivity contribution in [3.8, 4) is 0 Å². The van der Waals surface area contributed by atoms with Crippen LogP contribution in [0.4, 0.5) is 10.1 Å². The molecule has 0 fully saturated rings. The zero-order valence-electron chi connectivity index (χ0n) is 18.8. The molecule has 3 rings (SSSR count). The molecule has 1 N–H and O–H groups in total. The summed E-state index contributed by atoms with van der Waals surface area (Å²) in [6, 6.07) is 18.0. The summed E-state index contributed by atoms with van der Waals surface area (Å²) in [5.74, 6) is -1.45. The van der Waals surface area contributed by atoms with E-state index in [1.807, 2.05) is 6.92 Å². The number of rotatable bonds is 5. The maximum Gasteiger partial charge on any atom is 0.365 e. The fourth-order valence-electron chi connectivity index (χ4n) is 2.86. The summed E-state index contributed by atoms with van der Waals surface area (Å²) in [5, 5.41) is 6.92. The Kier molecular flexibility index (Phi) is 7.43. The molecule has 0 radical (unpaired) electrons.